The van der Waals surface area contributed by atoms with E-state index in [1.807, 2.05) is 17.8 Å². The van der Waals surface area contributed by atoms with Crippen molar-refractivity contribution >= 4 is 24.3 Å². The van der Waals surface area contributed by atoms with E-state index < -0.39 is 7.12 Å². The Hall–Kier alpha value is -0.685. The molecule has 1 aromatic carbocycles. The summed E-state index contributed by atoms with van der Waals surface area (Å²) in [6, 6.07) is 5.56. The van der Waals surface area contributed by atoms with Crippen LogP contribution < -0.4 is 10.2 Å². The molecule has 0 saturated carbocycles. The van der Waals surface area contributed by atoms with Crippen LogP contribution in [-0.4, -0.2) is 42.7 Å². The summed E-state index contributed by atoms with van der Waals surface area (Å²) in [5.41, 5.74) is 1.51. The number of ether oxygens (including phenoxy) is 2. The lowest BCUT2D eigenvalue weighted by molar-refractivity contribution is 0.1000. The summed E-state index contributed by atoms with van der Waals surface area (Å²) in [7, 11) is 0.0282. The van der Waals surface area contributed by atoms with Crippen molar-refractivity contribution in [2.75, 3.05) is 20.3 Å². The molecule has 4 nitrogen and oxygen atoms in total. The molecule has 6 heteroatoms. The van der Waals surface area contributed by atoms with Gasteiger partial charge in [0.1, 0.15) is 5.75 Å². The Labute approximate surface area is 118 Å². The number of hydrogen-bond acceptors (Lipinski definition) is 5. The molecule has 1 saturated heterocycles. The van der Waals surface area contributed by atoms with Gasteiger partial charge < -0.3 is 19.5 Å². The third-order valence-electron chi connectivity index (χ3n) is 3.23. The van der Waals surface area contributed by atoms with Crippen molar-refractivity contribution in [3.8, 4) is 5.75 Å². The molecule has 0 unspecified atom stereocenters. The van der Waals surface area contributed by atoms with Crippen molar-refractivity contribution in [1.29, 1.82) is 0 Å². The van der Waals surface area contributed by atoms with Crippen LogP contribution in [-0.2, 0) is 10.5 Å². The molecule has 1 heterocycles. The third kappa shape index (κ3) is 4.14. The lowest BCUT2D eigenvalue weighted by Gasteiger charge is -2.21. The molecular weight excluding hydrogens is 263 g/mol. The fourth-order valence-corrected chi connectivity index (χ4v) is 3.27. The molecule has 2 N–H and O–H groups in total. The monoisotopic (exact) mass is 282 g/mol. The van der Waals surface area contributed by atoms with Crippen molar-refractivity contribution in [2.45, 2.75) is 23.8 Å². The van der Waals surface area contributed by atoms with Crippen LogP contribution in [0.1, 0.15) is 18.4 Å². The van der Waals surface area contributed by atoms with Gasteiger partial charge in [-0.15, -0.1) is 0 Å². The van der Waals surface area contributed by atoms with Crippen molar-refractivity contribution in [2.24, 2.45) is 0 Å². The molecule has 0 amide bonds. The summed E-state index contributed by atoms with van der Waals surface area (Å²) in [6.07, 6.45) is 2.19. The highest BCUT2D eigenvalue weighted by Crippen LogP contribution is 2.26. The van der Waals surface area contributed by atoms with Gasteiger partial charge in [-0.05, 0) is 24.5 Å². The number of hydrogen-bond donors (Lipinski definition) is 2. The van der Waals surface area contributed by atoms with E-state index in [0.29, 0.717) is 16.5 Å². The van der Waals surface area contributed by atoms with E-state index in [-0.39, 0.29) is 0 Å². The van der Waals surface area contributed by atoms with Crippen LogP contribution >= 0.6 is 11.8 Å². The summed E-state index contributed by atoms with van der Waals surface area (Å²) < 4.78 is 10.4. The first kappa shape index (κ1) is 14.7. The van der Waals surface area contributed by atoms with Gasteiger partial charge >= 0.3 is 7.12 Å². The second kappa shape index (κ2) is 7.19. The maximum absolute atomic E-state index is 9.33. The summed E-state index contributed by atoms with van der Waals surface area (Å²) in [4.78, 5) is 0. The molecule has 0 aliphatic carbocycles. The number of rotatable bonds is 5. The molecule has 0 radical (unpaired) electrons. The van der Waals surface area contributed by atoms with E-state index in [4.69, 9.17) is 9.47 Å². The Morgan fingerprint density at radius 2 is 2.11 bits per heavy atom. The number of thioether (sulfide) groups is 1. The van der Waals surface area contributed by atoms with Gasteiger partial charge in [0.2, 0.25) is 0 Å². The first-order chi connectivity index (χ1) is 9.20. The van der Waals surface area contributed by atoms with Crippen molar-refractivity contribution < 1.29 is 19.5 Å². The minimum Gasteiger partial charge on any atom is -0.497 e. The fourth-order valence-electron chi connectivity index (χ4n) is 2.13. The molecule has 2 rings (SSSR count). The highest BCUT2D eigenvalue weighted by Gasteiger charge is 2.18. The van der Waals surface area contributed by atoms with E-state index in [1.165, 1.54) is 7.11 Å². The van der Waals surface area contributed by atoms with Crippen LogP contribution in [0.5, 0.6) is 5.75 Å². The topological polar surface area (TPSA) is 58.9 Å². The van der Waals surface area contributed by atoms with Crippen LogP contribution in [0.15, 0.2) is 18.2 Å². The van der Waals surface area contributed by atoms with Gasteiger partial charge in [-0.1, -0.05) is 12.1 Å². The summed E-state index contributed by atoms with van der Waals surface area (Å²) in [6.45, 7) is 1.70. The average molecular weight is 282 g/mol. The van der Waals surface area contributed by atoms with E-state index in [9.17, 15) is 10.0 Å². The van der Waals surface area contributed by atoms with Gasteiger partial charge in [0.05, 0.1) is 7.11 Å². The molecule has 1 aromatic rings. The molecule has 1 fully saturated rings. The smallest absolute Gasteiger partial charge is 0.492 e. The van der Waals surface area contributed by atoms with Crippen LogP contribution in [0.2, 0.25) is 0 Å². The zero-order valence-corrected chi connectivity index (χ0v) is 11.9. The molecule has 19 heavy (non-hydrogen) atoms. The molecule has 0 bridgehead atoms. The largest absolute Gasteiger partial charge is 0.497 e. The predicted molar refractivity (Wildman–Crippen MR) is 78.0 cm³/mol. The highest BCUT2D eigenvalue weighted by molar-refractivity contribution is 7.99. The van der Waals surface area contributed by atoms with E-state index >= 15 is 0 Å². The maximum Gasteiger partial charge on any atom is 0.492 e. The summed E-state index contributed by atoms with van der Waals surface area (Å²) >= 11 is 1.90. The molecule has 104 valence electrons. The van der Waals surface area contributed by atoms with E-state index in [1.54, 1.807) is 12.1 Å². The molecule has 1 aliphatic heterocycles. The number of benzene rings is 1. The Kier molecular flexibility index (Phi) is 5.57. The highest BCUT2D eigenvalue weighted by atomic mass is 32.2. The SMILES string of the molecule is COc1ccc(CSC2CCOCC2)cc1B(O)O. The van der Waals surface area contributed by atoms with Gasteiger partial charge in [-0.2, -0.15) is 11.8 Å². The second-order valence-corrected chi connectivity index (χ2v) is 5.86. The minimum absolute atomic E-state index is 0.424. The zero-order chi connectivity index (χ0) is 13.7. The van der Waals surface area contributed by atoms with Crippen LogP contribution in [0.3, 0.4) is 0 Å². The molecule has 0 aromatic heterocycles. The van der Waals surface area contributed by atoms with E-state index in [0.717, 1.165) is 37.4 Å². The van der Waals surface area contributed by atoms with Crippen LogP contribution in [0, 0.1) is 0 Å². The van der Waals surface area contributed by atoms with Crippen LogP contribution in [0.4, 0.5) is 0 Å². The summed E-state index contributed by atoms with van der Waals surface area (Å²) in [5, 5.41) is 19.3. The second-order valence-electron chi connectivity index (χ2n) is 4.57. The predicted octanol–water partition coefficient (Wildman–Crippen LogP) is 0.787. The Bertz CT molecular complexity index is 408. The average Bonchev–Trinajstić information content (AvgIpc) is 2.46. The van der Waals surface area contributed by atoms with Crippen molar-refractivity contribution in [3.63, 3.8) is 0 Å². The molecule has 0 atom stereocenters. The molecule has 0 spiro atoms. The third-order valence-corrected chi connectivity index (χ3v) is 4.67. The van der Waals surface area contributed by atoms with Gasteiger partial charge in [-0.25, -0.2) is 0 Å². The summed E-state index contributed by atoms with van der Waals surface area (Å²) in [5.74, 6) is 1.38. The molecule has 1 aliphatic rings. The van der Waals surface area contributed by atoms with E-state index in [2.05, 4.69) is 0 Å². The van der Waals surface area contributed by atoms with Gasteiger partial charge in [-0.3, -0.25) is 0 Å². The minimum atomic E-state index is -1.50. The zero-order valence-electron chi connectivity index (χ0n) is 11.0. The quantitative estimate of drug-likeness (QED) is 0.782. The fraction of sp³-hybridized carbons (Fsp3) is 0.538. The Morgan fingerprint density at radius 3 is 2.74 bits per heavy atom. The Balaban J connectivity index is 1.98. The lowest BCUT2D eigenvalue weighted by atomic mass is 9.79. The molecular formula is C13H19BO4S. The lowest BCUT2D eigenvalue weighted by Crippen LogP contribution is -2.31. The van der Waals surface area contributed by atoms with Gasteiger partial charge in [0.25, 0.3) is 0 Å². The van der Waals surface area contributed by atoms with Gasteiger partial charge in [0, 0.05) is 29.7 Å². The van der Waals surface area contributed by atoms with Crippen molar-refractivity contribution in [1.82, 2.24) is 0 Å². The number of methoxy groups -OCH3 is 1. The van der Waals surface area contributed by atoms with Crippen LogP contribution in [0.25, 0.3) is 0 Å². The maximum atomic E-state index is 9.33. The van der Waals surface area contributed by atoms with Crippen molar-refractivity contribution in [3.05, 3.63) is 23.8 Å². The standard InChI is InChI=1S/C13H19BO4S/c1-17-13-3-2-10(8-12(13)14(15)16)9-19-11-4-6-18-7-5-11/h2-3,8,11,15-16H,4-7,9H2,1H3. The first-order valence-corrected chi connectivity index (χ1v) is 7.48. The van der Waals surface area contributed by atoms with Gasteiger partial charge in [0.15, 0.2) is 0 Å². The first-order valence-electron chi connectivity index (χ1n) is 6.43. The normalized spacial score (nSPS) is 16.4. The Morgan fingerprint density at radius 1 is 1.37 bits per heavy atom.